The van der Waals surface area contributed by atoms with E-state index in [-0.39, 0.29) is 23.5 Å². The first-order chi connectivity index (χ1) is 16.0. The molecule has 1 saturated carbocycles. The minimum Gasteiger partial charge on any atom is -0.444 e. The molecule has 1 aromatic rings. The van der Waals surface area contributed by atoms with E-state index in [1.165, 1.54) is 21.6 Å². The number of methoxy groups -OCH3 is 1. The maximum absolute atomic E-state index is 12.6. The van der Waals surface area contributed by atoms with E-state index in [0.29, 0.717) is 12.3 Å². The van der Waals surface area contributed by atoms with E-state index in [0.717, 1.165) is 38.5 Å². The summed E-state index contributed by atoms with van der Waals surface area (Å²) in [4.78, 5) is 30.6. The van der Waals surface area contributed by atoms with E-state index in [1.54, 1.807) is 34.9 Å². The van der Waals surface area contributed by atoms with E-state index in [9.17, 15) is 9.59 Å². The van der Waals surface area contributed by atoms with Crippen molar-refractivity contribution in [2.75, 3.05) is 14.2 Å². The summed E-state index contributed by atoms with van der Waals surface area (Å²) in [7, 11) is 3.38. The highest BCUT2D eigenvalue weighted by Crippen LogP contribution is 2.56. The quantitative estimate of drug-likeness (QED) is 0.371. The number of guanidine groups is 1. The van der Waals surface area contributed by atoms with Gasteiger partial charge in [0, 0.05) is 19.6 Å². The zero-order valence-electron chi connectivity index (χ0n) is 21.8. The Morgan fingerprint density at radius 2 is 1.97 bits per heavy atom. The summed E-state index contributed by atoms with van der Waals surface area (Å²) in [5.74, 6) is 0.766. The molecular weight excluding hydrogens is 430 g/mol. The molecule has 0 radical (unpaired) electrons. The second-order valence-electron chi connectivity index (χ2n) is 11.3. The average Bonchev–Trinajstić information content (AvgIpc) is 3.03. The van der Waals surface area contributed by atoms with Gasteiger partial charge in [0.05, 0.1) is 12.1 Å². The van der Waals surface area contributed by atoms with E-state index in [4.69, 9.17) is 14.5 Å². The zero-order chi connectivity index (χ0) is 25.1. The van der Waals surface area contributed by atoms with Crippen molar-refractivity contribution in [2.24, 2.45) is 16.3 Å². The van der Waals surface area contributed by atoms with Crippen LogP contribution in [0.25, 0.3) is 0 Å². The molecule has 0 aliphatic heterocycles. The summed E-state index contributed by atoms with van der Waals surface area (Å²) >= 11 is 0. The number of ether oxygens (including phenoxy) is 2. The molecule has 1 aromatic carbocycles. The number of hydrogen-bond donors (Lipinski definition) is 1. The fourth-order valence-electron chi connectivity index (χ4n) is 5.30. The molecule has 2 amide bonds. The Balaban J connectivity index is 2.02. The third-order valence-corrected chi connectivity index (χ3v) is 6.89. The number of amides is 2. The monoisotopic (exact) mass is 471 g/mol. The van der Waals surface area contributed by atoms with Crippen LogP contribution in [-0.2, 0) is 27.1 Å². The maximum atomic E-state index is 12.6. The molecule has 1 atom stereocenters. The summed E-state index contributed by atoms with van der Waals surface area (Å²) < 4.78 is 11.1. The standard InChI is InChI=1S/C27H41N3O4/c1-18(2)14-19-8-9-20-16-27(12-10-21(33-7)11-13-27)23(22(20)15-19)28-24(30(6)17-31)29-25(32)34-26(3,4)5/h8-9,15,17-18,21,23H,10-14,16H2,1-7H3,(H,28,29,32). The second kappa shape index (κ2) is 10.5. The number of hydrogen-bond acceptors (Lipinski definition) is 5. The average molecular weight is 472 g/mol. The van der Waals surface area contributed by atoms with Gasteiger partial charge in [-0.25, -0.2) is 9.79 Å². The third-order valence-electron chi connectivity index (χ3n) is 6.89. The van der Waals surface area contributed by atoms with E-state index in [2.05, 4.69) is 37.4 Å². The van der Waals surface area contributed by atoms with Gasteiger partial charge in [-0.3, -0.25) is 15.0 Å². The molecule has 1 N–H and O–H groups in total. The van der Waals surface area contributed by atoms with Gasteiger partial charge >= 0.3 is 6.09 Å². The van der Waals surface area contributed by atoms with Crippen molar-refractivity contribution >= 4 is 18.5 Å². The fourth-order valence-corrected chi connectivity index (χ4v) is 5.30. The van der Waals surface area contributed by atoms with E-state index in [1.807, 2.05) is 0 Å². The summed E-state index contributed by atoms with van der Waals surface area (Å²) in [5, 5.41) is 2.73. The van der Waals surface area contributed by atoms with Crippen molar-refractivity contribution in [3.8, 4) is 0 Å². The Hall–Kier alpha value is -2.41. The minimum atomic E-state index is -0.652. The van der Waals surface area contributed by atoms with Crippen molar-refractivity contribution in [3.05, 3.63) is 34.9 Å². The molecule has 1 fully saturated rings. The predicted molar refractivity (Wildman–Crippen MR) is 134 cm³/mol. The number of nitrogens with one attached hydrogen (secondary N) is 1. The van der Waals surface area contributed by atoms with Crippen molar-refractivity contribution in [1.29, 1.82) is 0 Å². The first kappa shape index (κ1) is 26.2. The smallest absolute Gasteiger partial charge is 0.414 e. The van der Waals surface area contributed by atoms with Gasteiger partial charge in [-0.2, -0.15) is 0 Å². The number of benzene rings is 1. The van der Waals surface area contributed by atoms with Crippen LogP contribution in [0.1, 0.15) is 83.0 Å². The Labute approximate surface area is 204 Å². The molecule has 2 aliphatic carbocycles. The molecular formula is C27H41N3O4. The van der Waals surface area contributed by atoms with Crippen LogP contribution in [0.5, 0.6) is 0 Å². The lowest BCUT2D eigenvalue weighted by molar-refractivity contribution is -0.114. The lowest BCUT2D eigenvalue weighted by Gasteiger charge is -2.40. The highest BCUT2D eigenvalue weighted by molar-refractivity contribution is 5.98. The number of rotatable bonds is 5. The second-order valence-corrected chi connectivity index (χ2v) is 11.3. The van der Waals surface area contributed by atoms with Crippen LogP contribution in [0.3, 0.4) is 0 Å². The summed E-state index contributed by atoms with van der Waals surface area (Å²) in [6.07, 6.45) is 6.18. The van der Waals surface area contributed by atoms with Crippen molar-refractivity contribution < 1.29 is 19.1 Å². The number of alkyl carbamates (subject to hydrolysis) is 1. The molecule has 0 aromatic heterocycles. The van der Waals surface area contributed by atoms with Crippen LogP contribution in [0.4, 0.5) is 4.79 Å². The normalized spacial score (nSPS) is 24.8. The van der Waals surface area contributed by atoms with Crippen LogP contribution in [0.15, 0.2) is 23.2 Å². The van der Waals surface area contributed by atoms with Crippen molar-refractivity contribution in [2.45, 2.75) is 90.9 Å². The fraction of sp³-hybridized carbons (Fsp3) is 0.667. The number of fused-ring (bicyclic) bond motifs is 1. The largest absolute Gasteiger partial charge is 0.444 e. The number of carbonyl (C=O) groups excluding carboxylic acids is 2. The molecule has 1 unspecified atom stereocenters. The SMILES string of the molecule is COC1CCC2(CC1)Cc1ccc(CC(C)C)cc1C2/N=C(/NC(=O)OC(C)(C)C)N(C)C=O. The van der Waals surface area contributed by atoms with Crippen LogP contribution in [0.2, 0.25) is 0 Å². The Morgan fingerprint density at radius 1 is 1.29 bits per heavy atom. The number of aliphatic imine (C=N–C) groups is 1. The van der Waals surface area contributed by atoms with Crippen LogP contribution < -0.4 is 5.32 Å². The first-order valence-corrected chi connectivity index (χ1v) is 12.4. The van der Waals surface area contributed by atoms with Crippen LogP contribution in [0, 0.1) is 11.3 Å². The van der Waals surface area contributed by atoms with Gasteiger partial charge in [-0.15, -0.1) is 0 Å². The predicted octanol–water partition coefficient (Wildman–Crippen LogP) is 5.03. The summed E-state index contributed by atoms with van der Waals surface area (Å²) in [5.41, 5.74) is 3.10. The molecule has 3 rings (SSSR count). The van der Waals surface area contributed by atoms with Gasteiger partial charge in [0.1, 0.15) is 5.60 Å². The highest BCUT2D eigenvalue weighted by atomic mass is 16.6. The van der Waals surface area contributed by atoms with E-state index >= 15 is 0 Å². The van der Waals surface area contributed by atoms with Gasteiger partial charge in [-0.1, -0.05) is 32.0 Å². The zero-order valence-corrected chi connectivity index (χ0v) is 21.8. The molecule has 0 saturated heterocycles. The van der Waals surface area contributed by atoms with Gasteiger partial charge < -0.3 is 9.47 Å². The van der Waals surface area contributed by atoms with Crippen molar-refractivity contribution in [1.82, 2.24) is 10.2 Å². The molecule has 188 valence electrons. The van der Waals surface area contributed by atoms with Crippen molar-refractivity contribution in [3.63, 3.8) is 0 Å². The lowest BCUT2D eigenvalue weighted by atomic mass is 9.68. The van der Waals surface area contributed by atoms with Gasteiger partial charge in [0.15, 0.2) is 0 Å². The molecule has 2 aliphatic rings. The first-order valence-electron chi connectivity index (χ1n) is 12.4. The number of carbonyl (C=O) groups is 2. The van der Waals surface area contributed by atoms with Gasteiger partial charge in [-0.05, 0) is 81.9 Å². The van der Waals surface area contributed by atoms with Gasteiger partial charge in [0.2, 0.25) is 12.4 Å². The maximum Gasteiger partial charge on any atom is 0.414 e. The molecule has 7 heteroatoms. The topological polar surface area (TPSA) is 80.2 Å². The Kier molecular flexibility index (Phi) is 8.06. The van der Waals surface area contributed by atoms with E-state index < -0.39 is 11.7 Å². The number of nitrogens with zero attached hydrogens (tertiary/aromatic N) is 2. The van der Waals surface area contributed by atoms with Gasteiger partial charge in [0.25, 0.3) is 0 Å². The lowest BCUT2D eigenvalue weighted by Crippen LogP contribution is -2.45. The molecule has 1 spiro atoms. The molecule has 34 heavy (non-hydrogen) atoms. The third kappa shape index (κ3) is 6.17. The molecule has 7 nitrogen and oxygen atoms in total. The molecule has 0 heterocycles. The Morgan fingerprint density at radius 3 is 2.53 bits per heavy atom. The summed E-state index contributed by atoms with van der Waals surface area (Å²) in [6.45, 7) is 9.86. The highest BCUT2D eigenvalue weighted by Gasteiger charge is 2.48. The summed E-state index contributed by atoms with van der Waals surface area (Å²) in [6, 6.07) is 6.61. The van der Waals surface area contributed by atoms with Crippen LogP contribution >= 0.6 is 0 Å². The molecule has 0 bridgehead atoms. The van der Waals surface area contributed by atoms with Crippen LogP contribution in [-0.4, -0.2) is 49.2 Å². The minimum absolute atomic E-state index is 0.0571. The Bertz CT molecular complexity index is 911.